The Labute approximate surface area is 115 Å². The molecular weight excluding hydrogens is 267 g/mol. The molecule has 1 N–H and O–H groups in total. The fourth-order valence-electron chi connectivity index (χ4n) is 1.90. The number of ether oxygens (including phenoxy) is 1. The number of hydrogen-bond donors (Lipinski definition) is 1. The van der Waals surface area contributed by atoms with E-state index >= 15 is 0 Å². The van der Waals surface area contributed by atoms with Crippen LogP contribution in [-0.2, 0) is 4.74 Å². The molecule has 2 aromatic rings. The van der Waals surface area contributed by atoms with E-state index in [0.717, 1.165) is 11.6 Å². The van der Waals surface area contributed by atoms with Crippen molar-refractivity contribution in [2.45, 2.75) is 6.04 Å². The second-order valence-corrected chi connectivity index (χ2v) is 4.29. The first-order valence-corrected chi connectivity index (χ1v) is 6.07. The highest BCUT2D eigenvalue weighted by molar-refractivity contribution is 5.47. The number of benzene rings is 2. The Kier molecular flexibility index (Phi) is 4.63. The fraction of sp³-hybridized carbons (Fsp3) is 0.200. The van der Waals surface area contributed by atoms with Gasteiger partial charge >= 0.3 is 0 Å². The third kappa shape index (κ3) is 3.11. The van der Waals surface area contributed by atoms with Gasteiger partial charge in [-0.15, -0.1) is 0 Å². The van der Waals surface area contributed by atoms with E-state index in [1.165, 1.54) is 13.2 Å². The van der Waals surface area contributed by atoms with Crippen LogP contribution in [0.4, 0.5) is 18.9 Å². The average molecular weight is 281 g/mol. The molecule has 0 aliphatic carbocycles. The molecule has 0 aromatic heterocycles. The Morgan fingerprint density at radius 2 is 1.70 bits per heavy atom. The average Bonchev–Trinajstić information content (AvgIpc) is 2.48. The largest absolute Gasteiger partial charge is 0.382 e. The summed E-state index contributed by atoms with van der Waals surface area (Å²) in [4.78, 5) is 0. The first-order valence-electron chi connectivity index (χ1n) is 6.07. The van der Waals surface area contributed by atoms with Gasteiger partial charge in [0.2, 0.25) is 0 Å². The standard InChI is InChI=1S/C15H14F3NO/c1-20-9-13(10-5-3-2-4-6-10)19-12-8-7-11(16)14(17)15(12)18/h2-8,13,19H,9H2,1H3. The van der Waals surface area contributed by atoms with Gasteiger partial charge in [0.25, 0.3) is 0 Å². The summed E-state index contributed by atoms with van der Waals surface area (Å²) in [5.74, 6) is -3.93. The summed E-state index contributed by atoms with van der Waals surface area (Å²) in [6.07, 6.45) is 0. The monoisotopic (exact) mass is 281 g/mol. The van der Waals surface area contributed by atoms with Crippen molar-refractivity contribution in [3.8, 4) is 0 Å². The lowest BCUT2D eigenvalue weighted by atomic mass is 10.1. The van der Waals surface area contributed by atoms with Gasteiger partial charge in [0, 0.05) is 7.11 Å². The van der Waals surface area contributed by atoms with E-state index in [9.17, 15) is 13.2 Å². The molecule has 0 aliphatic heterocycles. The fourth-order valence-corrected chi connectivity index (χ4v) is 1.90. The third-order valence-electron chi connectivity index (χ3n) is 2.90. The lowest BCUT2D eigenvalue weighted by Crippen LogP contribution is -2.17. The third-order valence-corrected chi connectivity index (χ3v) is 2.90. The van der Waals surface area contributed by atoms with E-state index in [-0.39, 0.29) is 18.3 Å². The molecule has 2 nitrogen and oxygen atoms in total. The zero-order valence-corrected chi connectivity index (χ0v) is 10.9. The molecule has 0 heterocycles. The van der Waals surface area contributed by atoms with E-state index in [1.54, 1.807) is 0 Å². The summed E-state index contributed by atoms with van der Waals surface area (Å²) >= 11 is 0. The minimum absolute atomic E-state index is 0.102. The van der Waals surface area contributed by atoms with Crippen molar-refractivity contribution < 1.29 is 17.9 Å². The van der Waals surface area contributed by atoms with Gasteiger partial charge in [-0.1, -0.05) is 30.3 Å². The molecule has 2 aromatic carbocycles. The summed E-state index contributed by atoms with van der Waals surface area (Å²) < 4.78 is 44.8. The molecular formula is C15H14F3NO. The molecule has 0 saturated heterocycles. The van der Waals surface area contributed by atoms with Gasteiger partial charge in [0.05, 0.1) is 18.3 Å². The van der Waals surface area contributed by atoms with Crippen LogP contribution >= 0.6 is 0 Å². The Bertz CT molecular complexity index is 575. The number of halogens is 3. The topological polar surface area (TPSA) is 21.3 Å². The second-order valence-electron chi connectivity index (χ2n) is 4.29. The summed E-state index contributed by atoms with van der Waals surface area (Å²) in [6.45, 7) is 0.266. The van der Waals surface area contributed by atoms with Crippen LogP contribution in [0.2, 0.25) is 0 Å². The van der Waals surface area contributed by atoms with E-state index < -0.39 is 17.5 Å². The summed E-state index contributed by atoms with van der Waals surface area (Å²) in [7, 11) is 1.51. The first-order chi connectivity index (χ1) is 9.63. The lowest BCUT2D eigenvalue weighted by molar-refractivity contribution is 0.186. The number of hydrogen-bond acceptors (Lipinski definition) is 2. The molecule has 106 valence electrons. The summed E-state index contributed by atoms with van der Waals surface area (Å²) in [6, 6.07) is 10.9. The molecule has 2 rings (SSSR count). The molecule has 1 unspecified atom stereocenters. The first kappa shape index (κ1) is 14.4. The van der Waals surface area contributed by atoms with Gasteiger partial charge in [-0.2, -0.15) is 0 Å². The van der Waals surface area contributed by atoms with E-state index in [2.05, 4.69) is 5.32 Å². The lowest BCUT2D eigenvalue weighted by Gasteiger charge is -2.20. The van der Waals surface area contributed by atoms with Crippen LogP contribution in [0, 0.1) is 17.5 Å². The van der Waals surface area contributed by atoms with Crippen molar-refractivity contribution in [3.05, 3.63) is 65.5 Å². The zero-order valence-electron chi connectivity index (χ0n) is 10.9. The Morgan fingerprint density at radius 3 is 2.35 bits per heavy atom. The molecule has 0 aliphatic rings. The molecule has 5 heteroatoms. The Hall–Kier alpha value is -2.01. The summed E-state index contributed by atoms with van der Waals surface area (Å²) in [5, 5.41) is 2.83. The molecule has 1 atom stereocenters. The molecule has 0 saturated carbocycles. The molecule has 20 heavy (non-hydrogen) atoms. The highest BCUT2D eigenvalue weighted by Crippen LogP contribution is 2.25. The minimum Gasteiger partial charge on any atom is -0.382 e. The predicted octanol–water partition coefficient (Wildman–Crippen LogP) is 3.90. The highest BCUT2D eigenvalue weighted by Gasteiger charge is 2.17. The molecule has 0 radical (unpaired) electrons. The second kappa shape index (κ2) is 6.43. The van der Waals surface area contributed by atoms with Crippen molar-refractivity contribution in [3.63, 3.8) is 0 Å². The van der Waals surface area contributed by atoms with Crippen LogP contribution < -0.4 is 5.32 Å². The van der Waals surface area contributed by atoms with Gasteiger partial charge in [0.15, 0.2) is 17.5 Å². The maximum atomic E-state index is 13.7. The van der Waals surface area contributed by atoms with E-state index in [0.29, 0.717) is 0 Å². The van der Waals surface area contributed by atoms with Gasteiger partial charge in [0.1, 0.15) is 0 Å². The van der Waals surface area contributed by atoms with E-state index in [4.69, 9.17) is 4.74 Å². The van der Waals surface area contributed by atoms with Crippen molar-refractivity contribution in [1.82, 2.24) is 0 Å². The van der Waals surface area contributed by atoms with Crippen LogP contribution in [0.1, 0.15) is 11.6 Å². The smallest absolute Gasteiger partial charge is 0.196 e. The molecule has 0 fully saturated rings. The number of methoxy groups -OCH3 is 1. The van der Waals surface area contributed by atoms with Crippen molar-refractivity contribution in [2.24, 2.45) is 0 Å². The minimum atomic E-state index is -1.49. The number of nitrogens with one attached hydrogen (secondary N) is 1. The molecule has 0 spiro atoms. The van der Waals surface area contributed by atoms with Crippen molar-refractivity contribution >= 4 is 5.69 Å². The van der Waals surface area contributed by atoms with Gasteiger partial charge in [-0.25, -0.2) is 13.2 Å². The Balaban J connectivity index is 2.27. The van der Waals surface area contributed by atoms with Crippen LogP contribution in [0.5, 0.6) is 0 Å². The molecule has 0 amide bonds. The van der Waals surface area contributed by atoms with Gasteiger partial charge in [-0.3, -0.25) is 0 Å². The van der Waals surface area contributed by atoms with Crippen molar-refractivity contribution in [1.29, 1.82) is 0 Å². The maximum absolute atomic E-state index is 13.7. The van der Waals surface area contributed by atoms with Crippen LogP contribution in [0.25, 0.3) is 0 Å². The number of anilines is 1. The van der Waals surface area contributed by atoms with Crippen LogP contribution in [0.15, 0.2) is 42.5 Å². The van der Waals surface area contributed by atoms with Gasteiger partial charge < -0.3 is 10.1 Å². The summed E-state index contributed by atoms with van der Waals surface area (Å²) in [5.41, 5.74) is 0.758. The highest BCUT2D eigenvalue weighted by atomic mass is 19.2. The quantitative estimate of drug-likeness (QED) is 0.839. The SMILES string of the molecule is COCC(Nc1ccc(F)c(F)c1F)c1ccccc1. The van der Waals surface area contributed by atoms with Crippen LogP contribution in [-0.4, -0.2) is 13.7 Å². The van der Waals surface area contributed by atoms with E-state index in [1.807, 2.05) is 30.3 Å². The predicted molar refractivity (Wildman–Crippen MR) is 71.0 cm³/mol. The number of rotatable bonds is 5. The zero-order chi connectivity index (χ0) is 14.5. The van der Waals surface area contributed by atoms with Crippen molar-refractivity contribution in [2.75, 3.05) is 19.0 Å². The van der Waals surface area contributed by atoms with Crippen LogP contribution in [0.3, 0.4) is 0 Å². The Morgan fingerprint density at radius 1 is 1.00 bits per heavy atom. The van der Waals surface area contributed by atoms with Gasteiger partial charge in [-0.05, 0) is 17.7 Å². The normalized spacial score (nSPS) is 12.2. The maximum Gasteiger partial charge on any atom is 0.196 e. The molecule has 0 bridgehead atoms.